The molecule has 2 aliphatic heterocycles. The van der Waals surface area contributed by atoms with Crippen molar-refractivity contribution in [1.82, 2.24) is 15.0 Å². The number of ether oxygens (including phenoxy) is 2. The predicted octanol–water partition coefficient (Wildman–Crippen LogP) is 1.60. The Labute approximate surface area is 154 Å². The first-order chi connectivity index (χ1) is 12.4. The summed E-state index contributed by atoms with van der Waals surface area (Å²) in [7, 11) is -3.76. The van der Waals surface area contributed by atoms with Crippen LogP contribution < -0.4 is 9.64 Å². The van der Waals surface area contributed by atoms with E-state index in [-0.39, 0.29) is 28.6 Å². The average molecular weight is 403 g/mol. The zero-order chi connectivity index (χ0) is 18.5. The van der Waals surface area contributed by atoms with Crippen LogP contribution in [0.4, 0.5) is 10.2 Å². The van der Waals surface area contributed by atoms with E-state index in [1.54, 1.807) is 0 Å². The minimum atomic E-state index is -3.76. The Balaban J connectivity index is 2.08. The normalized spacial score (nSPS) is 20.7. The van der Waals surface area contributed by atoms with E-state index in [4.69, 9.17) is 21.1 Å². The molecule has 0 radical (unpaired) electrons. The van der Waals surface area contributed by atoms with E-state index in [0.29, 0.717) is 32.8 Å². The van der Waals surface area contributed by atoms with Gasteiger partial charge in [-0.1, -0.05) is 11.6 Å². The van der Waals surface area contributed by atoms with Crippen molar-refractivity contribution in [2.24, 2.45) is 0 Å². The molecule has 0 bridgehead atoms. The summed E-state index contributed by atoms with van der Waals surface area (Å²) < 4.78 is 50.0. The summed E-state index contributed by atoms with van der Waals surface area (Å²) in [6, 6.07) is -0.0742. The Morgan fingerprint density at radius 2 is 2.08 bits per heavy atom. The third-order valence-corrected chi connectivity index (χ3v) is 5.50. The summed E-state index contributed by atoms with van der Waals surface area (Å²) in [5, 5.41) is -0.657. The van der Waals surface area contributed by atoms with Crippen molar-refractivity contribution in [3.8, 4) is 5.88 Å². The van der Waals surface area contributed by atoms with Crippen molar-refractivity contribution in [3.05, 3.63) is 11.0 Å². The van der Waals surface area contributed by atoms with Gasteiger partial charge < -0.3 is 14.4 Å². The van der Waals surface area contributed by atoms with E-state index < -0.39 is 26.0 Å². The molecule has 0 aromatic carbocycles. The van der Waals surface area contributed by atoms with Crippen molar-refractivity contribution < 1.29 is 22.3 Å². The van der Waals surface area contributed by atoms with Gasteiger partial charge in [0.05, 0.1) is 19.3 Å². The molecule has 26 heavy (non-hydrogen) atoms. The van der Waals surface area contributed by atoms with Gasteiger partial charge in [-0.3, -0.25) is 0 Å². The molecule has 0 N–H and O–H groups in total. The lowest BCUT2D eigenvalue weighted by Crippen LogP contribution is -2.40. The van der Waals surface area contributed by atoms with E-state index in [1.165, 1.54) is 0 Å². The van der Waals surface area contributed by atoms with Crippen LogP contribution in [0, 0.1) is 5.82 Å². The maximum atomic E-state index is 14.6. The number of halogens is 2. The first kappa shape index (κ1) is 17.6. The van der Waals surface area contributed by atoms with E-state index in [0.717, 1.165) is 12.7 Å². The smallest absolute Gasteiger partial charge is 0.249 e. The lowest BCUT2D eigenvalue weighted by atomic mass is 10.1. The maximum absolute atomic E-state index is 14.6. The number of rotatable bonds is 1. The zero-order valence-electron chi connectivity index (χ0n) is 13.9. The molecule has 1 fully saturated rings. The fraction of sp³-hybridized carbons (Fsp3) is 0.533. The van der Waals surface area contributed by atoms with Crippen molar-refractivity contribution in [1.29, 1.82) is 0 Å². The Morgan fingerprint density at radius 1 is 1.27 bits per heavy atom. The van der Waals surface area contributed by atoms with Crippen LogP contribution in [-0.4, -0.2) is 62.0 Å². The van der Waals surface area contributed by atoms with Crippen LogP contribution in [0.3, 0.4) is 0 Å². The van der Waals surface area contributed by atoms with Gasteiger partial charge in [-0.05, 0) is 6.42 Å². The molecule has 1 saturated heterocycles. The topological polar surface area (TPSA) is 94.5 Å². The molecule has 11 heteroatoms. The van der Waals surface area contributed by atoms with Crippen LogP contribution in [-0.2, 0) is 14.6 Å². The summed E-state index contributed by atoms with van der Waals surface area (Å²) in [4.78, 5) is 14.1. The van der Waals surface area contributed by atoms with Gasteiger partial charge in [0.25, 0.3) is 0 Å². The molecule has 2 aromatic rings. The van der Waals surface area contributed by atoms with Crippen molar-refractivity contribution in [2.75, 3.05) is 37.5 Å². The third kappa shape index (κ3) is 2.95. The van der Waals surface area contributed by atoms with Gasteiger partial charge in [0.2, 0.25) is 20.9 Å². The number of pyridine rings is 1. The van der Waals surface area contributed by atoms with Crippen molar-refractivity contribution in [3.63, 3.8) is 0 Å². The van der Waals surface area contributed by atoms with Gasteiger partial charge in [0.1, 0.15) is 16.7 Å². The Morgan fingerprint density at radius 3 is 2.85 bits per heavy atom. The molecular formula is C15H16ClFN4O4S. The van der Waals surface area contributed by atoms with Crippen molar-refractivity contribution in [2.45, 2.75) is 24.0 Å². The summed E-state index contributed by atoms with van der Waals surface area (Å²) in [5.41, 5.74) is -0.212. The van der Waals surface area contributed by atoms with Crippen LogP contribution in [0.2, 0.25) is 5.15 Å². The molecule has 0 spiro atoms. The number of sulfone groups is 1. The largest absolute Gasteiger partial charge is 0.477 e. The quantitative estimate of drug-likeness (QED) is 0.524. The minimum Gasteiger partial charge on any atom is -0.477 e. The van der Waals surface area contributed by atoms with Gasteiger partial charge in [0.15, 0.2) is 11.0 Å². The molecule has 1 atom stereocenters. The van der Waals surface area contributed by atoms with Gasteiger partial charge in [-0.25, -0.2) is 22.8 Å². The molecule has 2 aliphatic rings. The Hall–Kier alpha value is -1.78. The number of aromatic nitrogens is 3. The van der Waals surface area contributed by atoms with E-state index >= 15 is 0 Å². The van der Waals surface area contributed by atoms with Gasteiger partial charge in [-0.2, -0.15) is 4.98 Å². The van der Waals surface area contributed by atoms with Gasteiger partial charge in [0, 0.05) is 25.8 Å². The fourth-order valence-corrected chi connectivity index (χ4v) is 3.87. The highest BCUT2D eigenvalue weighted by molar-refractivity contribution is 7.90. The molecule has 4 heterocycles. The highest BCUT2D eigenvalue weighted by Crippen LogP contribution is 2.38. The molecule has 2 aromatic heterocycles. The molecule has 4 rings (SSSR count). The highest BCUT2D eigenvalue weighted by atomic mass is 35.5. The maximum Gasteiger partial charge on any atom is 0.249 e. The second-order valence-electron chi connectivity index (χ2n) is 6.26. The molecule has 0 amide bonds. The predicted molar refractivity (Wildman–Crippen MR) is 92.1 cm³/mol. The molecule has 140 valence electrons. The summed E-state index contributed by atoms with van der Waals surface area (Å²) in [6.45, 7) is 1.95. The minimum absolute atomic E-state index is 0.0742. The number of nitrogens with zero attached hydrogens (tertiary/aromatic N) is 4. The lowest BCUT2D eigenvalue weighted by Gasteiger charge is -2.33. The summed E-state index contributed by atoms with van der Waals surface area (Å²) >= 11 is 5.86. The van der Waals surface area contributed by atoms with Crippen LogP contribution in [0.1, 0.15) is 12.8 Å². The molecule has 0 saturated carbocycles. The number of hydrogen-bond donors (Lipinski definition) is 0. The van der Waals surface area contributed by atoms with E-state index in [2.05, 4.69) is 15.0 Å². The fourth-order valence-electron chi connectivity index (χ4n) is 3.19. The zero-order valence-corrected chi connectivity index (χ0v) is 15.5. The second-order valence-corrected chi connectivity index (χ2v) is 8.53. The summed E-state index contributed by atoms with van der Waals surface area (Å²) in [6.07, 6.45) is 2.33. The molecular weight excluding hydrogens is 387 g/mol. The molecule has 8 nitrogen and oxygen atoms in total. The lowest BCUT2D eigenvalue weighted by molar-refractivity contribution is 0.126. The number of hydrogen-bond acceptors (Lipinski definition) is 8. The summed E-state index contributed by atoms with van der Waals surface area (Å²) in [5.74, 6) is -0.514. The Kier molecular flexibility index (Phi) is 4.36. The monoisotopic (exact) mass is 402 g/mol. The second kappa shape index (κ2) is 6.43. The standard InChI is InChI=1S/C15H16ClFN4O4S/c1-26(22,23)15-18-11-9-13(20-15)21-4-2-5-24-7-8(21)3-6-25-14(9)19-12(16)10(11)17/h8H,2-7H2,1H3/t8-/m1/s1. The van der Waals surface area contributed by atoms with Gasteiger partial charge in [-0.15, -0.1) is 0 Å². The van der Waals surface area contributed by atoms with Crippen LogP contribution in [0.25, 0.3) is 10.9 Å². The van der Waals surface area contributed by atoms with Crippen LogP contribution >= 0.6 is 11.6 Å². The first-order valence-electron chi connectivity index (χ1n) is 8.10. The highest BCUT2D eigenvalue weighted by Gasteiger charge is 2.32. The Bertz CT molecular complexity index is 988. The third-order valence-electron chi connectivity index (χ3n) is 4.40. The average Bonchev–Trinajstić information content (AvgIpc) is 2.81. The van der Waals surface area contributed by atoms with E-state index in [1.807, 2.05) is 4.90 Å². The SMILES string of the molecule is CS(=O)(=O)c1nc2c3c(nc(Cl)c(F)c3n1)OCC[C@@H]1COCCCN21. The van der Waals surface area contributed by atoms with Crippen molar-refractivity contribution >= 4 is 38.2 Å². The number of fused-ring (bicyclic) bond motifs is 2. The van der Waals surface area contributed by atoms with Gasteiger partial charge >= 0.3 is 0 Å². The van der Waals surface area contributed by atoms with E-state index in [9.17, 15) is 12.8 Å². The van der Waals surface area contributed by atoms with Crippen LogP contribution in [0.15, 0.2) is 5.16 Å². The number of anilines is 1. The molecule has 0 unspecified atom stereocenters. The first-order valence-corrected chi connectivity index (χ1v) is 10.4. The molecule has 0 aliphatic carbocycles. The van der Waals surface area contributed by atoms with Crippen LogP contribution in [0.5, 0.6) is 5.88 Å².